The van der Waals surface area contributed by atoms with Crippen molar-refractivity contribution in [3.8, 4) is 5.75 Å². The summed E-state index contributed by atoms with van der Waals surface area (Å²) in [7, 11) is 0. The Morgan fingerprint density at radius 2 is 1.82 bits per heavy atom. The molecule has 1 atom stereocenters. The number of ketones is 1. The van der Waals surface area contributed by atoms with Crippen LogP contribution < -0.4 is 9.64 Å². The number of rotatable bonds is 5. The first kappa shape index (κ1) is 21.9. The fourth-order valence-corrected chi connectivity index (χ4v) is 5.31. The minimum Gasteiger partial charge on any atom is -0.507 e. The summed E-state index contributed by atoms with van der Waals surface area (Å²) in [5.41, 5.74) is 2.03. The van der Waals surface area contributed by atoms with Crippen LogP contribution in [0.15, 0.2) is 83.7 Å². The van der Waals surface area contributed by atoms with E-state index in [0.717, 1.165) is 21.2 Å². The van der Waals surface area contributed by atoms with Crippen LogP contribution in [0, 0.1) is 6.92 Å². The van der Waals surface area contributed by atoms with Crippen molar-refractivity contribution >= 4 is 45.2 Å². The Morgan fingerprint density at radius 3 is 2.56 bits per heavy atom. The molecule has 0 spiro atoms. The average molecular weight is 470 g/mol. The van der Waals surface area contributed by atoms with Crippen molar-refractivity contribution in [1.29, 1.82) is 0 Å². The van der Waals surface area contributed by atoms with Crippen molar-refractivity contribution < 1.29 is 19.4 Å². The van der Waals surface area contributed by atoms with Gasteiger partial charge in [0.05, 0.1) is 17.9 Å². The van der Waals surface area contributed by atoms with E-state index in [2.05, 4.69) is 0 Å². The topological polar surface area (TPSA) is 66.8 Å². The van der Waals surface area contributed by atoms with Crippen molar-refractivity contribution in [3.63, 3.8) is 0 Å². The van der Waals surface area contributed by atoms with E-state index in [1.165, 1.54) is 16.2 Å². The zero-order valence-corrected chi connectivity index (χ0v) is 19.6. The van der Waals surface area contributed by atoms with Gasteiger partial charge in [-0.1, -0.05) is 42.5 Å². The Hall–Kier alpha value is -3.90. The number of thiophene rings is 1. The van der Waals surface area contributed by atoms with Gasteiger partial charge < -0.3 is 9.84 Å². The van der Waals surface area contributed by atoms with E-state index in [0.29, 0.717) is 23.6 Å². The highest BCUT2D eigenvalue weighted by Gasteiger charge is 2.47. The number of hydrogen-bond donors (Lipinski definition) is 1. The first-order valence-electron chi connectivity index (χ1n) is 11.1. The Bertz CT molecular complexity index is 1430. The van der Waals surface area contributed by atoms with Crippen molar-refractivity contribution in [2.45, 2.75) is 19.9 Å². The molecule has 1 saturated heterocycles. The fraction of sp³-hybridized carbons (Fsp3) is 0.143. The molecule has 1 aliphatic rings. The summed E-state index contributed by atoms with van der Waals surface area (Å²) in [5, 5.41) is 15.1. The van der Waals surface area contributed by atoms with Gasteiger partial charge in [0.2, 0.25) is 0 Å². The van der Waals surface area contributed by atoms with E-state index < -0.39 is 17.7 Å². The zero-order chi connectivity index (χ0) is 23.8. The van der Waals surface area contributed by atoms with Gasteiger partial charge in [-0.15, -0.1) is 11.3 Å². The number of nitrogens with zero attached hydrogens (tertiary/aromatic N) is 1. The molecule has 1 fully saturated rings. The number of aliphatic hydroxyl groups is 1. The van der Waals surface area contributed by atoms with Crippen molar-refractivity contribution in [1.82, 2.24) is 0 Å². The van der Waals surface area contributed by atoms with Gasteiger partial charge in [0.25, 0.3) is 11.7 Å². The molecule has 5 rings (SSSR count). The largest absolute Gasteiger partial charge is 0.507 e. The molecule has 1 amide bonds. The van der Waals surface area contributed by atoms with Crippen LogP contribution in [0.4, 0.5) is 5.69 Å². The summed E-state index contributed by atoms with van der Waals surface area (Å²) in [6.07, 6.45) is 0. The second-order valence-electron chi connectivity index (χ2n) is 8.10. The Labute approximate surface area is 201 Å². The molecule has 2 heterocycles. The number of ether oxygens (including phenoxy) is 1. The molecule has 1 N–H and O–H groups in total. The van der Waals surface area contributed by atoms with Gasteiger partial charge in [-0.2, -0.15) is 0 Å². The highest BCUT2D eigenvalue weighted by molar-refractivity contribution is 7.10. The lowest BCUT2D eigenvalue weighted by atomic mass is 9.98. The molecule has 0 radical (unpaired) electrons. The van der Waals surface area contributed by atoms with Crippen LogP contribution in [0.25, 0.3) is 16.5 Å². The predicted molar refractivity (Wildman–Crippen MR) is 135 cm³/mol. The number of aliphatic hydroxyl groups excluding tert-OH is 1. The molecular formula is C28H23NO4S. The summed E-state index contributed by atoms with van der Waals surface area (Å²) < 4.78 is 5.61. The lowest BCUT2D eigenvalue weighted by Crippen LogP contribution is -2.29. The first-order chi connectivity index (χ1) is 16.5. The third-order valence-corrected chi connectivity index (χ3v) is 6.96. The minimum absolute atomic E-state index is 0.0870. The molecule has 6 heteroatoms. The maximum absolute atomic E-state index is 13.4. The summed E-state index contributed by atoms with van der Waals surface area (Å²) in [4.78, 5) is 29.1. The smallest absolute Gasteiger partial charge is 0.300 e. The predicted octanol–water partition coefficient (Wildman–Crippen LogP) is 6.23. The average Bonchev–Trinajstić information content (AvgIpc) is 3.47. The summed E-state index contributed by atoms with van der Waals surface area (Å²) in [6, 6.07) is 21.7. The molecule has 4 aromatic rings. The third kappa shape index (κ3) is 3.56. The van der Waals surface area contributed by atoms with Crippen LogP contribution in [0.2, 0.25) is 0 Å². The highest BCUT2D eigenvalue weighted by Crippen LogP contribution is 2.45. The normalized spacial score (nSPS) is 17.5. The monoisotopic (exact) mass is 469 g/mol. The van der Waals surface area contributed by atoms with Gasteiger partial charge in [0.15, 0.2) is 0 Å². The van der Waals surface area contributed by atoms with Crippen molar-refractivity contribution in [3.05, 3.63) is 99.8 Å². The van der Waals surface area contributed by atoms with Crippen LogP contribution in [-0.4, -0.2) is 23.4 Å². The molecule has 3 aromatic carbocycles. The second-order valence-corrected chi connectivity index (χ2v) is 9.08. The molecule has 170 valence electrons. The highest BCUT2D eigenvalue weighted by atomic mass is 32.1. The Kier molecular flexibility index (Phi) is 5.67. The van der Waals surface area contributed by atoms with Gasteiger partial charge in [-0.25, -0.2) is 0 Å². The maximum Gasteiger partial charge on any atom is 0.300 e. The van der Waals surface area contributed by atoms with Crippen LogP contribution in [0.5, 0.6) is 5.75 Å². The number of hydrogen-bond acceptors (Lipinski definition) is 5. The van der Waals surface area contributed by atoms with Crippen LogP contribution >= 0.6 is 11.3 Å². The number of benzene rings is 3. The number of Topliss-reactive ketones (excluding diaryl/α,β-unsaturated/α-hetero) is 1. The molecule has 34 heavy (non-hydrogen) atoms. The lowest BCUT2D eigenvalue weighted by Gasteiger charge is -2.25. The van der Waals surface area contributed by atoms with E-state index >= 15 is 0 Å². The Balaban J connectivity index is 1.71. The number of anilines is 1. The van der Waals surface area contributed by atoms with Gasteiger partial charge >= 0.3 is 0 Å². The van der Waals surface area contributed by atoms with Crippen LogP contribution in [-0.2, 0) is 9.59 Å². The maximum atomic E-state index is 13.4. The summed E-state index contributed by atoms with van der Waals surface area (Å²) >= 11 is 1.45. The molecule has 1 aliphatic heterocycles. The van der Waals surface area contributed by atoms with E-state index in [4.69, 9.17) is 4.74 Å². The van der Waals surface area contributed by atoms with Gasteiger partial charge in [0.1, 0.15) is 17.6 Å². The summed E-state index contributed by atoms with van der Waals surface area (Å²) in [6.45, 7) is 4.32. The molecular weight excluding hydrogens is 446 g/mol. The van der Waals surface area contributed by atoms with Gasteiger partial charge in [-0.05, 0) is 60.5 Å². The first-order valence-corrected chi connectivity index (χ1v) is 11.9. The Morgan fingerprint density at radius 1 is 1.03 bits per heavy atom. The molecule has 0 bridgehead atoms. The SMILES string of the molecule is CCOc1ccc(/C(O)=C2/C(=O)C(=O)N(c3cccc4ccccc34)C2c2cccs2)cc1C. The number of fused-ring (bicyclic) bond motifs is 1. The molecule has 0 aliphatic carbocycles. The van der Waals surface area contributed by atoms with Gasteiger partial charge in [-0.3, -0.25) is 14.5 Å². The number of aryl methyl sites for hydroxylation is 1. The third-order valence-electron chi connectivity index (χ3n) is 6.03. The van der Waals surface area contributed by atoms with E-state index in [9.17, 15) is 14.7 Å². The summed E-state index contributed by atoms with van der Waals surface area (Å²) in [5.74, 6) is -0.829. The molecule has 1 unspecified atom stereocenters. The number of carbonyl (C=O) groups is 2. The molecule has 1 aromatic heterocycles. The van der Waals surface area contributed by atoms with Crippen LogP contribution in [0.3, 0.4) is 0 Å². The second kappa shape index (κ2) is 8.80. The van der Waals surface area contributed by atoms with Crippen molar-refractivity contribution in [2.75, 3.05) is 11.5 Å². The van der Waals surface area contributed by atoms with E-state index in [-0.39, 0.29) is 11.3 Å². The quantitative estimate of drug-likeness (QED) is 0.214. The van der Waals surface area contributed by atoms with E-state index in [1.54, 1.807) is 18.2 Å². The molecule has 5 nitrogen and oxygen atoms in total. The fourth-order valence-electron chi connectivity index (χ4n) is 4.49. The molecule has 0 saturated carbocycles. The zero-order valence-electron chi connectivity index (χ0n) is 18.8. The van der Waals surface area contributed by atoms with E-state index in [1.807, 2.05) is 73.8 Å². The van der Waals surface area contributed by atoms with Gasteiger partial charge in [0, 0.05) is 15.8 Å². The number of carbonyl (C=O) groups excluding carboxylic acids is 2. The lowest BCUT2D eigenvalue weighted by molar-refractivity contribution is -0.132. The minimum atomic E-state index is -0.724. The number of amides is 1. The van der Waals surface area contributed by atoms with Crippen LogP contribution in [0.1, 0.15) is 29.0 Å². The van der Waals surface area contributed by atoms with Crippen molar-refractivity contribution in [2.24, 2.45) is 0 Å². The standard InChI is InChI=1S/C28H23NO4S/c1-3-33-22-14-13-19(16-17(22)2)26(30)24-25(23-12-7-15-34-23)29(28(32)27(24)31)21-11-6-9-18-8-4-5-10-20(18)21/h4-16,25,30H,3H2,1-2H3/b26-24-.